The summed E-state index contributed by atoms with van der Waals surface area (Å²) in [6.45, 7) is 13.9. The van der Waals surface area contributed by atoms with Crippen molar-refractivity contribution >= 4 is 11.8 Å². The number of rotatable bonds is 2. The third-order valence-corrected chi connectivity index (χ3v) is 9.94. The summed E-state index contributed by atoms with van der Waals surface area (Å²) in [4.78, 5) is 31.0. The molecule has 4 aliphatic carbocycles. The molecule has 0 aromatic carbocycles. The van der Waals surface area contributed by atoms with E-state index in [1.807, 2.05) is 46.8 Å². The van der Waals surface area contributed by atoms with Gasteiger partial charge in [-0.1, -0.05) is 26.0 Å². The number of nitrogens with one attached hydrogen (secondary N) is 1. The lowest BCUT2D eigenvalue weighted by atomic mass is 9.63. The lowest BCUT2D eigenvalue weighted by Gasteiger charge is -2.51. The van der Waals surface area contributed by atoms with E-state index in [0.29, 0.717) is 29.2 Å². The van der Waals surface area contributed by atoms with Crippen molar-refractivity contribution in [2.45, 2.75) is 84.9 Å². The van der Waals surface area contributed by atoms with Gasteiger partial charge in [-0.25, -0.2) is 4.79 Å². The van der Waals surface area contributed by atoms with E-state index in [4.69, 9.17) is 14.2 Å². The SMILES string of the molecule is CC1=C[C@@]23CC[C@@H]4[C@@H]([C@H](C=C5COC(C)(C)O[C@H]5[C@]2(O)[C@H]1OC(=O)c1c(C)c[nH]c1C)C3=O)C4(C)C. The van der Waals surface area contributed by atoms with Crippen LogP contribution in [0.25, 0.3) is 0 Å². The van der Waals surface area contributed by atoms with Crippen molar-refractivity contribution in [3.63, 3.8) is 0 Å². The molecule has 7 atom stereocenters. The second-order valence-corrected chi connectivity index (χ2v) is 12.8. The number of carbonyl (C=O) groups is 2. The summed E-state index contributed by atoms with van der Waals surface area (Å²) >= 11 is 0. The monoisotopic (exact) mass is 495 g/mol. The minimum Gasteiger partial charge on any atom is -0.451 e. The van der Waals surface area contributed by atoms with Crippen molar-refractivity contribution in [2.24, 2.45) is 28.6 Å². The summed E-state index contributed by atoms with van der Waals surface area (Å²) in [5.41, 5.74) is 0.482. The van der Waals surface area contributed by atoms with Crippen molar-refractivity contribution in [3.8, 4) is 0 Å². The molecule has 194 valence electrons. The van der Waals surface area contributed by atoms with Gasteiger partial charge in [0.05, 0.1) is 17.6 Å². The minimum absolute atomic E-state index is 0.0123. The highest BCUT2D eigenvalue weighted by atomic mass is 16.7. The van der Waals surface area contributed by atoms with Crippen LogP contribution in [0, 0.1) is 42.4 Å². The first kappa shape index (κ1) is 24.1. The Balaban J connectivity index is 1.50. The fourth-order valence-electron chi connectivity index (χ4n) is 8.05. The summed E-state index contributed by atoms with van der Waals surface area (Å²) in [5.74, 6) is -1.17. The molecule has 2 heterocycles. The fourth-order valence-corrected chi connectivity index (χ4v) is 8.05. The molecule has 3 fully saturated rings. The normalized spacial score (nSPS) is 41.7. The second-order valence-electron chi connectivity index (χ2n) is 12.8. The molecule has 1 aromatic heterocycles. The van der Waals surface area contributed by atoms with Crippen LogP contribution in [-0.2, 0) is 19.0 Å². The standard InChI is InChI=1S/C29H37NO6/c1-14-11-28-9-8-19-21(26(19,4)5)18(22(28)31)10-17-13-34-27(6,7)36-24(17)29(28,33)23(14)35-25(32)20-15(2)12-30-16(20)3/h10-12,18-19,21,23-24,30,33H,8-9,13H2,1-7H3/t18-,19+,21+,23-,24+,28+,29+/m0/s1. The van der Waals surface area contributed by atoms with E-state index in [2.05, 4.69) is 18.8 Å². The van der Waals surface area contributed by atoms with Gasteiger partial charge < -0.3 is 24.3 Å². The predicted molar refractivity (Wildman–Crippen MR) is 132 cm³/mol. The van der Waals surface area contributed by atoms with Crippen LogP contribution in [0.4, 0.5) is 0 Å². The van der Waals surface area contributed by atoms with E-state index in [0.717, 1.165) is 17.6 Å². The lowest BCUT2D eigenvalue weighted by Crippen LogP contribution is -2.66. The molecular formula is C29H37NO6. The van der Waals surface area contributed by atoms with Gasteiger partial charge in [-0.05, 0) is 81.4 Å². The van der Waals surface area contributed by atoms with Crippen molar-refractivity contribution < 1.29 is 28.9 Å². The minimum atomic E-state index is -1.77. The molecule has 7 heteroatoms. The molecule has 0 unspecified atom stereocenters. The van der Waals surface area contributed by atoms with Crippen LogP contribution >= 0.6 is 0 Å². The van der Waals surface area contributed by atoms with Gasteiger partial charge in [-0.15, -0.1) is 0 Å². The van der Waals surface area contributed by atoms with Crippen LogP contribution in [0.1, 0.15) is 69.1 Å². The van der Waals surface area contributed by atoms with Gasteiger partial charge >= 0.3 is 5.97 Å². The van der Waals surface area contributed by atoms with Gasteiger partial charge in [0.15, 0.2) is 23.3 Å². The topological polar surface area (TPSA) is 97.8 Å². The average Bonchev–Trinajstić information content (AvgIpc) is 3.13. The van der Waals surface area contributed by atoms with Crippen LogP contribution in [-0.4, -0.2) is 52.0 Å². The van der Waals surface area contributed by atoms with Crippen molar-refractivity contribution in [1.29, 1.82) is 0 Å². The van der Waals surface area contributed by atoms with Gasteiger partial charge in [0, 0.05) is 17.8 Å². The van der Waals surface area contributed by atoms with Crippen LogP contribution < -0.4 is 0 Å². The van der Waals surface area contributed by atoms with Crippen LogP contribution in [0.5, 0.6) is 0 Å². The van der Waals surface area contributed by atoms with Gasteiger partial charge in [-0.3, -0.25) is 4.79 Å². The van der Waals surface area contributed by atoms with Crippen LogP contribution in [0.15, 0.2) is 29.5 Å². The largest absolute Gasteiger partial charge is 0.451 e. The zero-order valence-electron chi connectivity index (χ0n) is 22.2. The second kappa shape index (κ2) is 7.21. The first-order valence-corrected chi connectivity index (χ1v) is 13.1. The quantitative estimate of drug-likeness (QED) is 0.472. The van der Waals surface area contributed by atoms with E-state index < -0.39 is 35.0 Å². The summed E-state index contributed by atoms with van der Waals surface area (Å²) in [6, 6.07) is 0. The lowest BCUT2D eigenvalue weighted by molar-refractivity contribution is -0.300. The highest BCUT2D eigenvalue weighted by Gasteiger charge is 2.75. The Bertz CT molecular complexity index is 1220. The van der Waals surface area contributed by atoms with Crippen LogP contribution in [0.3, 0.4) is 0 Å². The predicted octanol–water partition coefficient (Wildman–Crippen LogP) is 4.18. The van der Waals surface area contributed by atoms with Gasteiger partial charge in [-0.2, -0.15) is 0 Å². The summed E-state index contributed by atoms with van der Waals surface area (Å²) in [7, 11) is 0. The Labute approximate surface area is 212 Å². The van der Waals surface area contributed by atoms with E-state index in [9.17, 15) is 14.7 Å². The van der Waals surface area contributed by atoms with E-state index >= 15 is 0 Å². The summed E-state index contributed by atoms with van der Waals surface area (Å²) in [5, 5.41) is 12.9. The molecule has 0 radical (unpaired) electrons. The molecule has 36 heavy (non-hydrogen) atoms. The number of aryl methyl sites for hydroxylation is 2. The summed E-state index contributed by atoms with van der Waals surface area (Å²) < 4.78 is 18.6. The van der Waals surface area contributed by atoms with Crippen molar-refractivity contribution in [1.82, 2.24) is 4.98 Å². The summed E-state index contributed by atoms with van der Waals surface area (Å²) in [6.07, 6.45) is 5.15. The third kappa shape index (κ3) is 2.91. The molecule has 7 nitrogen and oxygen atoms in total. The maximum Gasteiger partial charge on any atom is 0.340 e. The molecule has 0 amide bonds. The Kier molecular flexibility index (Phi) is 4.83. The maximum absolute atomic E-state index is 14.5. The Morgan fingerprint density at radius 1 is 1.19 bits per heavy atom. The highest BCUT2D eigenvalue weighted by molar-refractivity contribution is 5.96. The molecule has 2 N–H and O–H groups in total. The molecule has 1 aromatic rings. The van der Waals surface area contributed by atoms with E-state index in [-0.39, 0.29) is 29.6 Å². The third-order valence-electron chi connectivity index (χ3n) is 9.94. The van der Waals surface area contributed by atoms with E-state index in [1.54, 1.807) is 6.20 Å². The highest BCUT2D eigenvalue weighted by Crippen LogP contribution is 2.71. The number of fused-ring (bicyclic) bond motifs is 5. The maximum atomic E-state index is 14.5. The molecule has 1 aliphatic heterocycles. The number of allylic oxidation sites excluding steroid dienone is 1. The molecular weight excluding hydrogens is 458 g/mol. The van der Waals surface area contributed by atoms with Gasteiger partial charge in [0.2, 0.25) is 0 Å². The molecule has 5 aliphatic rings. The number of aromatic nitrogens is 1. The van der Waals surface area contributed by atoms with Gasteiger partial charge in [0.25, 0.3) is 0 Å². The number of esters is 1. The Morgan fingerprint density at radius 2 is 1.92 bits per heavy atom. The van der Waals surface area contributed by atoms with E-state index in [1.165, 1.54) is 0 Å². The molecule has 6 rings (SSSR count). The number of aliphatic hydroxyl groups is 1. The van der Waals surface area contributed by atoms with Crippen molar-refractivity contribution in [2.75, 3.05) is 6.61 Å². The number of H-pyrrole nitrogens is 1. The number of ether oxygens (including phenoxy) is 3. The number of hydrogen-bond acceptors (Lipinski definition) is 6. The fraction of sp³-hybridized carbons (Fsp3) is 0.655. The number of hydrogen-bond donors (Lipinski definition) is 2. The molecule has 1 spiro atoms. The zero-order chi connectivity index (χ0) is 26.0. The van der Waals surface area contributed by atoms with Gasteiger partial charge in [0.1, 0.15) is 6.10 Å². The smallest absolute Gasteiger partial charge is 0.340 e. The number of carbonyl (C=O) groups excluding carboxylic acids is 2. The van der Waals surface area contributed by atoms with Crippen molar-refractivity contribution in [3.05, 3.63) is 46.3 Å². The van der Waals surface area contributed by atoms with Crippen LogP contribution in [0.2, 0.25) is 0 Å². The molecule has 2 bridgehead atoms. The number of ketones is 1. The Morgan fingerprint density at radius 3 is 2.58 bits per heavy atom. The number of aromatic amines is 1. The first-order chi connectivity index (χ1) is 16.7. The molecule has 2 saturated carbocycles. The molecule has 1 saturated heterocycles. The Hall–Kier alpha value is -2.22. The number of Topliss-reactive ketones (excluding diaryl/α,β-unsaturated/α-hetero) is 1. The first-order valence-electron chi connectivity index (χ1n) is 13.1. The zero-order valence-corrected chi connectivity index (χ0v) is 22.2. The average molecular weight is 496 g/mol.